The van der Waals surface area contributed by atoms with E-state index in [1.165, 1.54) is 52.0 Å². The number of methoxy groups -OCH3 is 2. The number of ether oxygens (including phenoxy) is 2. The fraction of sp³-hybridized carbons (Fsp3) is 0.714. The van der Waals surface area contributed by atoms with Crippen LogP contribution in [0.1, 0.15) is 70.3 Å². The molecular weight excluding hydrogens is 338 g/mol. The number of hydrogen-bond donors (Lipinski definition) is 1. The molecule has 0 bridgehead atoms. The standard InChI is InChI=1S/C21H34F2O3/c1-4-5-6-7-8-9-12-18(21(24,25-2)26-3)13-10-11-17-14-19(22)16-20(23)15-17/h14-16,18,24H,4-13H2,1-3H3. The maximum atomic E-state index is 13.3. The van der Waals surface area contributed by atoms with Gasteiger partial charge in [-0.1, -0.05) is 45.4 Å². The van der Waals surface area contributed by atoms with Gasteiger partial charge in [-0.2, -0.15) is 0 Å². The minimum Gasteiger partial charge on any atom is -0.343 e. The lowest BCUT2D eigenvalue weighted by Gasteiger charge is -2.33. The van der Waals surface area contributed by atoms with Crippen LogP contribution >= 0.6 is 0 Å². The molecule has 1 unspecified atom stereocenters. The molecule has 5 heteroatoms. The monoisotopic (exact) mass is 372 g/mol. The molecule has 3 nitrogen and oxygen atoms in total. The zero-order valence-corrected chi connectivity index (χ0v) is 16.4. The van der Waals surface area contributed by atoms with Crippen molar-refractivity contribution < 1.29 is 23.4 Å². The van der Waals surface area contributed by atoms with E-state index in [4.69, 9.17) is 9.47 Å². The van der Waals surface area contributed by atoms with E-state index in [-0.39, 0.29) is 5.92 Å². The zero-order valence-electron chi connectivity index (χ0n) is 16.4. The minimum absolute atomic E-state index is 0.179. The van der Waals surface area contributed by atoms with Crippen LogP contribution in [0.15, 0.2) is 18.2 Å². The van der Waals surface area contributed by atoms with Crippen LogP contribution in [0.3, 0.4) is 0 Å². The smallest absolute Gasteiger partial charge is 0.282 e. The van der Waals surface area contributed by atoms with Gasteiger partial charge in [0.2, 0.25) is 0 Å². The van der Waals surface area contributed by atoms with E-state index in [0.29, 0.717) is 24.8 Å². The molecule has 0 fully saturated rings. The highest BCUT2D eigenvalue weighted by atomic mass is 19.1. The summed E-state index contributed by atoms with van der Waals surface area (Å²) in [6.07, 6.45) is 9.72. The summed E-state index contributed by atoms with van der Waals surface area (Å²) >= 11 is 0. The summed E-state index contributed by atoms with van der Waals surface area (Å²) in [6.45, 7) is 2.19. The molecule has 1 atom stereocenters. The van der Waals surface area contributed by atoms with E-state index < -0.39 is 17.6 Å². The first-order chi connectivity index (χ1) is 12.4. The molecule has 0 saturated heterocycles. The van der Waals surface area contributed by atoms with Crippen molar-refractivity contribution in [3.8, 4) is 0 Å². The van der Waals surface area contributed by atoms with Gasteiger partial charge in [0.05, 0.1) is 0 Å². The Morgan fingerprint density at radius 3 is 2.00 bits per heavy atom. The van der Waals surface area contributed by atoms with E-state index in [1.54, 1.807) is 0 Å². The summed E-state index contributed by atoms with van der Waals surface area (Å²) < 4.78 is 37.0. The van der Waals surface area contributed by atoms with Crippen LogP contribution in [0.25, 0.3) is 0 Å². The zero-order chi connectivity index (χ0) is 19.4. The number of aliphatic hydroxyl groups is 1. The van der Waals surface area contributed by atoms with Crippen molar-refractivity contribution >= 4 is 0 Å². The number of hydrogen-bond acceptors (Lipinski definition) is 3. The quantitative estimate of drug-likeness (QED) is 0.342. The van der Waals surface area contributed by atoms with Gasteiger partial charge in [0.1, 0.15) is 11.6 Å². The van der Waals surface area contributed by atoms with E-state index >= 15 is 0 Å². The lowest BCUT2D eigenvalue weighted by atomic mass is 9.91. The molecule has 0 aliphatic rings. The molecule has 0 aliphatic carbocycles. The Labute approximate surface area is 156 Å². The fourth-order valence-corrected chi connectivity index (χ4v) is 3.40. The summed E-state index contributed by atoms with van der Waals surface area (Å²) in [5.41, 5.74) is 0.624. The van der Waals surface area contributed by atoms with Gasteiger partial charge >= 0.3 is 0 Å². The average Bonchev–Trinajstić information content (AvgIpc) is 2.61. The second-order valence-corrected chi connectivity index (χ2v) is 6.96. The molecule has 0 saturated carbocycles. The summed E-state index contributed by atoms with van der Waals surface area (Å²) in [7, 11) is 2.86. The first kappa shape index (κ1) is 23.0. The highest BCUT2D eigenvalue weighted by molar-refractivity contribution is 5.17. The van der Waals surface area contributed by atoms with E-state index in [0.717, 1.165) is 25.3 Å². The Morgan fingerprint density at radius 1 is 0.885 bits per heavy atom. The van der Waals surface area contributed by atoms with Crippen molar-refractivity contribution in [2.45, 2.75) is 77.1 Å². The first-order valence-corrected chi connectivity index (χ1v) is 9.72. The number of halogens is 2. The van der Waals surface area contributed by atoms with Crippen molar-refractivity contribution in [3.05, 3.63) is 35.4 Å². The Balaban J connectivity index is 2.53. The molecule has 1 aromatic carbocycles. The molecule has 150 valence electrons. The van der Waals surface area contributed by atoms with Crippen molar-refractivity contribution in [3.63, 3.8) is 0 Å². The van der Waals surface area contributed by atoms with E-state index in [9.17, 15) is 13.9 Å². The van der Waals surface area contributed by atoms with Crippen LogP contribution < -0.4 is 0 Å². The number of rotatable bonds is 14. The summed E-state index contributed by atoms with van der Waals surface area (Å²) in [5.74, 6) is -2.92. The van der Waals surface area contributed by atoms with Gasteiger partial charge in [-0.3, -0.25) is 0 Å². The molecule has 1 aromatic rings. The fourth-order valence-electron chi connectivity index (χ4n) is 3.40. The summed E-state index contributed by atoms with van der Waals surface area (Å²) in [4.78, 5) is 0. The van der Waals surface area contributed by atoms with Crippen LogP contribution in [0.5, 0.6) is 0 Å². The van der Waals surface area contributed by atoms with Crippen LogP contribution in [-0.4, -0.2) is 25.3 Å². The van der Waals surface area contributed by atoms with Crippen molar-refractivity contribution in [1.82, 2.24) is 0 Å². The van der Waals surface area contributed by atoms with Gasteiger partial charge in [0.25, 0.3) is 5.97 Å². The maximum absolute atomic E-state index is 13.3. The number of aryl methyl sites for hydroxylation is 1. The van der Waals surface area contributed by atoms with Crippen LogP contribution in [0, 0.1) is 17.6 Å². The lowest BCUT2D eigenvalue weighted by molar-refractivity contribution is -0.369. The third kappa shape index (κ3) is 8.11. The third-order valence-electron chi connectivity index (χ3n) is 4.95. The SMILES string of the molecule is CCCCCCCCC(CCCc1cc(F)cc(F)c1)C(O)(OC)OC. The van der Waals surface area contributed by atoms with Crippen LogP contribution in [-0.2, 0) is 15.9 Å². The lowest BCUT2D eigenvalue weighted by Crippen LogP contribution is -2.42. The van der Waals surface area contributed by atoms with Crippen molar-refractivity contribution in [2.24, 2.45) is 5.92 Å². The Morgan fingerprint density at radius 2 is 1.42 bits per heavy atom. The largest absolute Gasteiger partial charge is 0.343 e. The van der Waals surface area contributed by atoms with Crippen LogP contribution in [0.4, 0.5) is 8.78 Å². The molecule has 0 aromatic heterocycles. The van der Waals surface area contributed by atoms with Gasteiger partial charge < -0.3 is 14.6 Å². The Bertz CT molecular complexity index is 484. The second kappa shape index (κ2) is 12.4. The van der Waals surface area contributed by atoms with Gasteiger partial charge in [-0.25, -0.2) is 8.78 Å². The predicted octanol–water partition coefficient (Wildman–Crippen LogP) is 5.59. The first-order valence-electron chi connectivity index (χ1n) is 9.72. The Hall–Kier alpha value is -1.04. The predicted molar refractivity (Wildman–Crippen MR) is 99.7 cm³/mol. The Kier molecular flexibility index (Phi) is 10.9. The highest BCUT2D eigenvalue weighted by Gasteiger charge is 2.36. The maximum Gasteiger partial charge on any atom is 0.282 e. The molecule has 0 heterocycles. The van der Waals surface area contributed by atoms with Gasteiger partial charge in [-0.15, -0.1) is 0 Å². The van der Waals surface area contributed by atoms with Gasteiger partial charge in [-0.05, 0) is 43.4 Å². The summed E-state index contributed by atoms with van der Waals surface area (Å²) in [6, 6.07) is 3.58. The topological polar surface area (TPSA) is 38.7 Å². The highest BCUT2D eigenvalue weighted by Crippen LogP contribution is 2.30. The number of benzene rings is 1. The average molecular weight is 372 g/mol. The molecule has 1 rings (SSSR count). The van der Waals surface area contributed by atoms with Crippen LogP contribution in [0.2, 0.25) is 0 Å². The van der Waals surface area contributed by atoms with E-state index in [2.05, 4.69) is 6.92 Å². The molecule has 0 radical (unpaired) electrons. The molecule has 0 spiro atoms. The van der Waals surface area contributed by atoms with Gasteiger partial charge in [0.15, 0.2) is 0 Å². The van der Waals surface area contributed by atoms with Gasteiger partial charge in [0, 0.05) is 26.2 Å². The van der Waals surface area contributed by atoms with E-state index in [1.807, 2.05) is 0 Å². The normalized spacial score (nSPS) is 13.2. The molecule has 0 aliphatic heterocycles. The summed E-state index contributed by atoms with van der Waals surface area (Å²) in [5, 5.41) is 10.6. The molecular formula is C21H34F2O3. The third-order valence-corrected chi connectivity index (χ3v) is 4.95. The van der Waals surface area contributed by atoms with Crippen molar-refractivity contribution in [2.75, 3.05) is 14.2 Å². The molecule has 0 amide bonds. The number of unbranched alkanes of at least 4 members (excludes halogenated alkanes) is 5. The molecule has 1 N–H and O–H groups in total. The molecule has 26 heavy (non-hydrogen) atoms. The van der Waals surface area contributed by atoms with Crippen molar-refractivity contribution in [1.29, 1.82) is 0 Å². The second-order valence-electron chi connectivity index (χ2n) is 6.96. The minimum atomic E-state index is -1.61.